The van der Waals surface area contributed by atoms with Crippen LogP contribution in [0.2, 0.25) is 0 Å². The topological polar surface area (TPSA) is 42.1 Å². The van der Waals surface area contributed by atoms with E-state index >= 15 is 0 Å². The lowest BCUT2D eigenvalue weighted by Gasteiger charge is -2.08. The zero-order valence-corrected chi connectivity index (χ0v) is 5.98. The van der Waals surface area contributed by atoms with E-state index in [9.17, 15) is 22.4 Å². The summed E-state index contributed by atoms with van der Waals surface area (Å²) < 4.78 is 50.4. The maximum atomic E-state index is 12.5. The summed E-state index contributed by atoms with van der Waals surface area (Å²) in [6.45, 7) is 0. The van der Waals surface area contributed by atoms with Gasteiger partial charge >= 0.3 is 6.36 Å². The van der Waals surface area contributed by atoms with Gasteiger partial charge < -0.3 is 9.72 Å². The van der Waals surface area contributed by atoms with E-state index in [2.05, 4.69) is 4.74 Å². The van der Waals surface area contributed by atoms with Crippen LogP contribution in [0.1, 0.15) is 0 Å². The molecule has 0 saturated carbocycles. The average Bonchev–Trinajstić information content (AvgIpc) is 1.93. The molecule has 0 radical (unpaired) electrons. The molecule has 0 spiro atoms. The van der Waals surface area contributed by atoms with E-state index in [-0.39, 0.29) is 0 Å². The molecule has 1 rings (SSSR count). The molecular formula is C6H3F4NO2. The fourth-order valence-electron chi connectivity index (χ4n) is 0.636. The van der Waals surface area contributed by atoms with E-state index in [1.165, 1.54) is 0 Å². The Hall–Kier alpha value is -1.53. The van der Waals surface area contributed by atoms with E-state index in [4.69, 9.17) is 0 Å². The molecular weight excluding hydrogens is 194 g/mol. The standard InChI is InChI=1S/C6H3F4NO2/c7-3-1-5(12)11-2-4(3)13-6(8,9)10/h1-2H,(H,11,12). The molecule has 1 aromatic heterocycles. The Morgan fingerprint density at radius 2 is 2.00 bits per heavy atom. The normalized spacial score (nSPS) is 11.4. The first-order valence-corrected chi connectivity index (χ1v) is 3.02. The number of aromatic amines is 1. The number of hydrogen-bond donors (Lipinski definition) is 1. The van der Waals surface area contributed by atoms with Gasteiger partial charge in [0.2, 0.25) is 0 Å². The molecule has 1 N–H and O–H groups in total. The summed E-state index contributed by atoms with van der Waals surface area (Å²) in [6, 6.07) is 0.362. The van der Waals surface area contributed by atoms with Crippen molar-refractivity contribution in [2.45, 2.75) is 6.36 Å². The number of H-pyrrole nitrogens is 1. The first-order valence-electron chi connectivity index (χ1n) is 3.02. The van der Waals surface area contributed by atoms with Crippen LogP contribution >= 0.6 is 0 Å². The lowest BCUT2D eigenvalue weighted by molar-refractivity contribution is -0.275. The summed E-state index contributed by atoms with van der Waals surface area (Å²) in [6.07, 6.45) is -4.47. The Labute approximate surface area is 69.0 Å². The first-order chi connectivity index (χ1) is 5.88. The smallest absolute Gasteiger partial charge is 0.401 e. The second kappa shape index (κ2) is 3.08. The van der Waals surface area contributed by atoms with Crippen LogP contribution in [0.3, 0.4) is 0 Å². The van der Waals surface area contributed by atoms with Gasteiger partial charge in [0.25, 0.3) is 5.56 Å². The third-order valence-corrected chi connectivity index (χ3v) is 1.06. The minimum atomic E-state index is -4.97. The molecule has 0 fully saturated rings. The van der Waals surface area contributed by atoms with Gasteiger partial charge in [0, 0.05) is 12.3 Å². The van der Waals surface area contributed by atoms with Gasteiger partial charge in [0.15, 0.2) is 11.6 Å². The first kappa shape index (κ1) is 9.56. The molecule has 0 saturated heterocycles. The summed E-state index contributed by atoms with van der Waals surface area (Å²) in [5.74, 6) is -2.42. The van der Waals surface area contributed by atoms with Crippen molar-refractivity contribution in [2.75, 3.05) is 0 Å². The highest BCUT2D eigenvalue weighted by Gasteiger charge is 2.32. The van der Waals surface area contributed by atoms with E-state index in [0.717, 1.165) is 0 Å². The van der Waals surface area contributed by atoms with Crippen molar-refractivity contribution in [3.8, 4) is 5.75 Å². The molecule has 0 aliphatic heterocycles. The molecule has 0 bridgehead atoms. The fraction of sp³-hybridized carbons (Fsp3) is 0.167. The monoisotopic (exact) mass is 197 g/mol. The zero-order valence-electron chi connectivity index (χ0n) is 5.98. The predicted octanol–water partition coefficient (Wildman–Crippen LogP) is 1.41. The maximum absolute atomic E-state index is 12.5. The molecule has 0 unspecified atom stereocenters. The summed E-state index contributed by atoms with van der Waals surface area (Å²) in [5, 5.41) is 0. The Balaban J connectivity index is 2.97. The molecule has 13 heavy (non-hydrogen) atoms. The number of rotatable bonds is 1. The van der Waals surface area contributed by atoms with E-state index < -0.39 is 23.5 Å². The SMILES string of the molecule is O=c1cc(F)c(OC(F)(F)F)c[nH]1. The van der Waals surface area contributed by atoms with Gasteiger partial charge in [-0.3, -0.25) is 4.79 Å². The number of ether oxygens (including phenoxy) is 1. The van der Waals surface area contributed by atoms with Gasteiger partial charge in [0.1, 0.15) is 0 Å². The third-order valence-electron chi connectivity index (χ3n) is 1.06. The second-order valence-electron chi connectivity index (χ2n) is 2.06. The van der Waals surface area contributed by atoms with Gasteiger partial charge in [-0.05, 0) is 0 Å². The molecule has 1 aromatic rings. The molecule has 0 aromatic carbocycles. The van der Waals surface area contributed by atoms with Gasteiger partial charge in [-0.25, -0.2) is 4.39 Å². The van der Waals surface area contributed by atoms with Crippen LogP contribution in [0.5, 0.6) is 5.75 Å². The van der Waals surface area contributed by atoms with Crippen molar-refractivity contribution in [3.05, 3.63) is 28.4 Å². The van der Waals surface area contributed by atoms with Crippen LogP contribution in [0.15, 0.2) is 17.1 Å². The van der Waals surface area contributed by atoms with Gasteiger partial charge in [-0.1, -0.05) is 0 Å². The third kappa shape index (κ3) is 2.77. The Kier molecular flexibility index (Phi) is 2.26. The summed E-state index contributed by atoms with van der Waals surface area (Å²) in [7, 11) is 0. The largest absolute Gasteiger partial charge is 0.573 e. The van der Waals surface area contributed by atoms with Gasteiger partial charge in [0.05, 0.1) is 0 Å². The Bertz CT molecular complexity index is 356. The van der Waals surface area contributed by atoms with Crippen molar-refractivity contribution >= 4 is 0 Å². The molecule has 0 aliphatic carbocycles. The average molecular weight is 197 g/mol. The van der Waals surface area contributed by atoms with Crippen molar-refractivity contribution in [1.29, 1.82) is 0 Å². The highest BCUT2D eigenvalue weighted by molar-refractivity contribution is 5.18. The molecule has 1 heterocycles. The maximum Gasteiger partial charge on any atom is 0.573 e. The van der Waals surface area contributed by atoms with Gasteiger partial charge in [-0.2, -0.15) is 0 Å². The highest BCUT2D eigenvalue weighted by atomic mass is 19.4. The van der Waals surface area contributed by atoms with Crippen LogP contribution in [0, 0.1) is 5.82 Å². The lowest BCUT2D eigenvalue weighted by atomic mass is 10.4. The van der Waals surface area contributed by atoms with E-state index in [1.54, 1.807) is 0 Å². The van der Waals surface area contributed by atoms with Crippen LogP contribution in [-0.2, 0) is 0 Å². The molecule has 0 atom stereocenters. The molecule has 7 heteroatoms. The molecule has 0 aliphatic rings. The minimum absolute atomic E-state index is 0.362. The van der Waals surface area contributed by atoms with Crippen molar-refractivity contribution in [1.82, 2.24) is 4.98 Å². The van der Waals surface area contributed by atoms with Crippen molar-refractivity contribution < 1.29 is 22.3 Å². The summed E-state index contributed by atoms with van der Waals surface area (Å²) >= 11 is 0. The number of pyridine rings is 1. The second-order valence-corrected chi connectivity index (χ2v) is 2.06. The predicted molar refractivity (Wildman–Crippen MR) is 33.7 cm³/mol. The van der Waals surface area contributed by atoms with E-state index in [0.29, 0.717) is 12.3 Å². The quantitative estimate of drug-likeness (QED) is 0.691. The molecule has 72 valence electrons. The molecule has 3 nitrogen and oxygen atoms in total. The Morgan fingerprint density at radius 3 is 2.46 bits per heavy atom. The van der Waals surface area contributed by atoms with Crippen LogP contribution in [0.4, 0.5) is 17.6 Å². The van der Waals surface area contributed by atoms with E-state index in [1.807, 2.05) is 4.98 Å². The number of alkyl halides is 3. The summed E-state index contributed by atoms with van der Waals surface area (Å²) in [5.41, 5.74) is -0.841. The lowest BCUT2D eigenvalue weighted by Crippen LogP contribution is -2.19. The number of nitrogens with one attached hydrogen (secondary N) is 1. The minimum Gasteiger partial charge on any atom is -0.401 e. The van der Waals surface area contributed by atoms with Crippen LogP contribution in [0.25, 0.3) is 0 Å². The van der Waals surface area contributed by atoms with Crippen molar-refractivity contribution in [3.63, 3.8) is 0 Å². The number of aromatic nitrogens is 1. The van der Waals surface area contributed by atoms with Crippen LogP contribution in [-0.4, -0.2) is 11.3 Å². The summed E-state index contributed by atoms with van der Waals surface area (Å²) in [4.78, 5) is 12.2. The van der Waals surface area contributed by atoms with Crippen molar-refractivity contribution in [2.24, 2.45) is 0 Å². The fourth-order valence-corrected chi connectivity index (χ4v) is 0.636. The number of halogens is 4. The zero-order chi connectivity index (χ0) is 10.1. The number of hydrogen-bond acceptors (Lipinski definition) is 2. The van der Waals surface area contributed by atoms with Gasteiger partial charge in [-0.15, -0.1) is 13.2 Å². The van der Waals surface area contributed by atoms with Crippen LogP contribution < -0.4 is 10.3 Å². The highest BCUT2D eigenvalue weighted by Crippen LogP contribution is 2.23. The molecule has 0 amide bonds. The Morgan fingerprint density at radius 1 is 1.38 bits per heavy atom.